The molecular formula is C11H19ClN4O2. The zero-order chi connectivity index (χ0) is 13.8. The number of nitrogens with zero attached hydrogens (tertiary/aromatic N) is 2. The van der Waals surface area contributed by atoms with Crippen LogP contribution >= 0.6 is 11.6 Å². The van der Waals surface area contributed by atoms with Gasteiger partial charge in [0, 0.05) is 18.2 Å². The third-order valence-electron chi connectivity index (χ3n) is 1.98. The van der Waals surface area contributed by atoms with Gasteiger partial charge in [0.1, 0.15) is 17.9 Å². The van der Waals surface area contributed by atoms with Crippen molar-refractivity contribution in [3.05, 3.63) is 11.2 Å². The molecule has 0 saturated heterocycles. The average Bonchev–Trinajstić information content (AvgIpc) is 2.21. The molecule has 0 aliphatic heterocycles. The molecule has 0 aromatic carbocycles. The van der Waals surface area contributed by atoms with E-state index < -0.39 is 6.10 Å². The second-order valence-electron chi connectivity index (χ2n) is 4.98. The fourth-order valence-corrected chi connectivity index (χ4v) is 1.33. The first-order chi connectivity index (χ1) is 8.26. The van der Waals surface area contributed by atoms with E-state index >= 15 is 0 Å². The summed E-state index contributed by atoms with van der Waals surface area (Å²) in [7, 11) is 0. The van der Waals surface area contributed by atoms with Crippen molar-refractivity contribution >= 4 is 17.5 Å². The number of nitrogen functional groups attached to an aromatic ring is 1. The number of nitrogens with one attached hydrogen (secondary N) is 1. The highest BCUT2D eigenvalue weighted by Gasteiger charge is 2.13. The van der Waals surface area contributed by atoms with E-state index in [1.54, 1.807) is 0 Å². The van der Waals surface area contributed by atoms with Crippen LogP contribution in [0.5, 0.6) is 5.88 Å². The average molecular weight is 275 g/mol. The molecule has 4 N–H and O–H groups in total. The molecule has 1 aromatic rings. The van der Waals surface area contributed by atoms with Gasteiger partial charge >= 0.3 is 0 Å². The van der Waals surface area contributed by atoms with Gasteiger partial charge in [-0.15, -0.1) is 0 Å². The minimum absolute atomic E-state index is 0.0415. The van der Waals surface area contributed by atoms with Gasteiger partial charge in [-0.2, -0.15) is 4.98 Å². The van der Waals surface area contributed by atoms with Crippen LogP contribution in [0, 0.1) is 0 Å². The van der Waals surface area contributed by atoms with Crippen molar-refractivity contribution < 1.29 is 9.84 Å². The van der Waals surface area contributed by atoms with Gasteiger partial charge < -0.3 is 20.9 Å². The van der Waals surface area contributed by atoms with Gasteiger partial charge in [-0.3, -0.25) is 0 Å². The number of hydrogen-bond donors (Lipinski definition) is 3. The number of β-amino-alcohol motifs (C(OH)–C–C–N with tert-alkyl or cyclic N) is 1. The molecule has 0 bridgehead atoms. The number of rotatable bonds is 5. The van der Waals surface area contributed by atoms with Crippen LogP contribution in [0.3, 0.4) is 0 Å². The summed E-state index contributed by atoms with van der Waals surface area (Å²) in [4.78, 5) is 7.55. The summed E-state index contributed by atoms with van der Waals surface area (Å²) in [6, 6.07) is 1.45. The summed E-state index contributed by atoms with van der Waals surface area (Å²) in [5, 5.41) is 13.1. The molecule has 1 aromatic heterocycles. The highest BCUT2D eigenvalue weighted by molar-refractivity contribution is 6.29. The number of ether oxygens (including phenoxy) is 1. The van der Waals surface area contributed by atoms with Crippen molar-refractivity contribution in [3.63, 3.8) is 0 Å². The fourth-order valence-electron chi connectivity index (χ4n) is 1.15. The van der Waals surface area contributed by atoms with Gasteiger partial charge in [0.2, 0.25) is 11.8 Å². The van der Waals surface area contributed by atoms with Crippen molar-refractivity contribution in [2.45, 2.75) is 32.4 Å². The molecule has 0 radical (unpaired) electrons. The maximum Gasteiger partial charge on any atom is 0.224 e. The highest BCUT2D eigenvalue weighted by Crippen LogP contribution is 2.14. The van der Waals surface area contributed by atoms with Crippen LogP contribution in [0.4, 0.5) is 5.95 Å². The third-order valence-corrected chi connectivity index (χ3v) is 2.17. The van der Waals surface area contributed by atoms with E-state index in [9.17, 15) is 5.11 Å². The van der Waals surface area contributed by atoms with E-state index in [1.165, 1.54) is 6.07 Å². The van der Waals surface area contributed by atoms with Crippen LogP contribution in [0.2, 0.25) is 5.15 Å². The lowest BCUT2D eigenvalue weighted by atomic mass is 10.1. The van der Waals surface area contributed by atoms with E-state index in [4.69, 9.17) is 22.1 Å². The summed E-state index contributed by atoms with van der Waals surface area (Å²) in [6.07, 6.45) is -0.640. The number of hydrogen-bond acceptors (Lipinski definition) is 6. The Hall–Kier alpha value is -1.11. The molecule has 1 rings (SSSR count). The SMILES string of the molecule is CC(C)(C)NCC(O)COc1cc(Cl)nc(N)n1. The van der Waals surface area contributed by atoms with Crippen LogP contribution in [0.1, 0.15) is 20.8 Å². The quantitative estimate of drug-likeness (QED) is 0.689. The second kappa shape index (κ2) is 6.17. The van der Waals surface area contributed by atoms with E-state index in [2.05, 4.69) is 15.3 Å². The van der Waals surface area contributed by atoms with Gasteiger partial charge in [-0.05, 0) is 20.8 Å². The van der Waals surface area contributed by atoms with Gasteiger partial charge in [-0.1, -0.05) is 11.6 Å². The minimum atomic E-state index is -0.640. The van der Waals surface area contributed by atoms with Crippen LogP contribution < -0.4 is 15.8 Å². The van der Waals surface area contributed by atoms with Crippen molar-refractivity contribution in [3.8, 4) is 5.88 Å². The summed E-state index contributed by atoms with van der Waals surface area (Å²) < 4.78 is 5.29. The Morgan fingerprint density at radius 2 is 2.17 bits per heavy atom. The van der Waals surface area contributed by atoms with Gasteiger partial charge in [-0.25, -0.2) is 4.98 Å². The van der Waals surface area contributed by atoms with Crippen LogP contribution in [0.25, 0.3) is 0 Å². The summed E-state index contributed by atoms with van der Waals surface area (Å²) in [5.74, 6) is 0.294. The molecule has 0 aliphatic rings. The Kier molecular flexibility index (Phi) is 5.13. The Morgan fingerprint density at radius 3 is 2.72 bits per heavy atom. The summed E-state index contributed by atoms with van der Waals surface area (Å²) in [6.45, 7) is 6.59. The van der Waals surface area contributed by atoms with E-state index in [0.29, 0.717) is 6.54 Å². The summed E-state index contributed by atoms with van der Waals surface area (Å²) >= 11 is 5.70. The number of anilines is 1. The zero-order valence-corrected chi connectivity index (χ0v) is 11.5. The Bertz CT molecular complexity index is 375. The first-order valence-electron chi connectivity index (χ1n) is 5.62. The number of aliphatic hydroxyl groups is 1. The van der Waals surface area contributed by atoms with Gasteiger partial charge in [0.25, 0.3) is 0 Å². The van der Waals surface area contributed by atoms with Gasteiger partial charge in [0.05, 0.1) is 0 Å². The highest BCUT2D eigenvalue weighted by atomic mass is 35.5. The molecule has 0 amide bonds. The molecule has 102 valence electrons. The lowest BCUT2D eigenvalue weighted by molar-refractivity contribution is 0.0978. The lowest BCUT2D eigenvalue weighted by Gasteiger charge is -2.22. The second-order valence-corrected chi connectivity index (χ2v) is 5.37. The molecule has 0 fully saturated rings. The fraction of sp³-hybridized carbons (Fsp3) is 0.636. The smallest absolute Gasteiger partial charge is 0.224 e. The molecule has 0 saturated carbocycles. The van der Waals surface area contributed by atoms with Crippen LogP contribution in [-0.2, 0) is 0 Å². The van der Waals surface area contributed by atoms with E-state index in [-0.39, 0.29) is 29.1 Å². The Labute approximate surface area is 112 Å². The molecule has 1 atom stereocenters. The number of halogens is 1. The molecule has 18 heavy (non-hydrogen) atoms. The van der Waals surface area contributed by atoms with Crippen molar-refractivity contribution in [1.29, 1.82) is 0 Å². The van der Waals surface area contributed by atoms with Gasteiger partial charge in [0.15, 0.2) is 0 Å². The normalized spacial score (nSPS) is 13.4. The maximum absolute atomic E-state index is 9.72. The Balaban J connectivity index is 2.40. The number of aromatic nitrogens is 2. The molecule has 0 spiro atoms. The molecule has 7 heteroatoms. The minimum Gasteiger partial charge on any atom is -0.475 e. The van der Waals surface area contributed by atoms with E-state index in [0.717, 1.165) is 0 Å². The first kappa shape index (κ1) is 14.9. The van der Waals surface area contributed by atoms with Crippen LogP contribution in [0.15, 0.2) is 6.07 Å². The van der Waals surface area contributed by atoms with Crippen molar-refractivity contribution in [2.24, 2.45) is 0 Å². The monoisotopic (exact) mass is 274 g/mol. The predicted octanol–water partition coefficient (Wildman–Crippen LogP) is 0.840. The summed E-state index contributed by atoms with van der Waals surface area (Å²) in [5.41, 5.74) is 5.37. The topological polar surface area (TPSA) is 93.3 Å². The first-order valence-corrected chi connectivity index (χ1v) is 6.00. The Morgan fingerprint density at radius 1 is 1.50 bits per heavy atom. The van der Waals surface area contributed by atoms with E-state index in [1.807, 2.05) is 20.8 Å². The van der Waals surface area contributed by atoms with Crippen molar-refractivity contribution in [1.82, 2.24) is 15.3 Å². The molecule has 0 aliphatic carbocycles. The lowest BCUT2D eigenvalue weighted by Crippen LogP contribution is -2.42. The standard InChI is InChI=1S/C11H19ClN4O2/c1-11(2,3)14-5-7(17)6-18-9-4-8(12)15-10(13)16-9/h4,7,14,17H,5-6H2,1-3H3,(H2,13,15,16). The number of aliphatic hydroxyl groups excluding tert-OH is 1. The van der Waals surface area contributed by atoms with Crippen LogP contribution in [-0.4, -0.2) is 39.9 Å². The third kappa shape index (κ3) is 6.00. The maximum atomic E-state index is 9.72. The van der Waals surface area contributed by atoms with Crippen molar-refractivity contribution in [2.75, 3.05) is 18.9 Å². The predicted molar refractivity (Wildman–Crippen MR) is 70.7 cm³/mol. The number of nitrogens with two attached hydrogens (primary N) is 1. The molecule has 1 heterocycles. The molecule has 1 unspecified atom stereocenters. The largest absolute Gasteiger partial charge is 0.475 e. The molecule has 6 nitrogen and oxygen atoms in total. The zero-order valence-electron chi connectivity index (χ0n) is 10.8. The molecular weight excluding hydrogens is 256 g/mol.